The molecule has 34 heavy (non-hydrogen) atoms. The summed E-state index contributed by atoms with van der Waals surface area (Å²) in [5.41, 5.74) is 12.2. The van der Waals surface area contributed by atoms with Crippen LogP contribution >= 0.6 is 34.8 Å². The van der Waals surface area contributed by atoms with Crippen LogP contribution in [0.3, 0.4) is 0 Å². The van der Waals surface area contributed by atoms with Crippen LogP contribution in [0, 0.1) is 6.08 Å². The number of pyridine rings is 2. The Morgan fingerprint density at radius 3 is 1.97 bits per heavy atom. The van der Waals surface area contributed by atoms with Crippen molar-refractivity contribution in [2.75, 3.05) is 11.5 Å². The second kappa shape index (κ2) is 12.8. The fourth-order valence-electron chi connectivity index (χ4n) is 2.45. The summed E-state index contributed by atoms with van der Waals surface area (Å²) in [6.45, 7) is 0. The highest BCUT2D eigenvalue weighted by molar-refractivity contribution is 6.52. The van der Waals surface area contributed by atoms with E-state index < -0.39 is 7.12 Å². The third-order valence-corrected chi connectivity index (χ3v) is 4.67. The number of anilines is 2. The Morgan fingerprint density at radius 2 is 1.44 bits per heavy atom. The van der Waals surface area contributed by atoms with Crippen LogP contribution in [-0.2, 0) is 0 Å². The Bertz CT molecular complexity index is 1220. The van der Waals surface area contributed by atoms with Gasteiger partial charge in [0.05, 0.1) is 12.2 Å². The summed E-state index contributed by atoms with van der Waals surface area (Å²) < 4.78 is 0. The number of phenolic OH excluding ortho intramolecular Hbond substituents is 1. The summed E-state index contributed by atoms with van der Waals surface area (Å²) in [5.74, 6) is 0.735. The van der Waals surface area contributed by atoms with Crippen molar-refractivity contribution in [3.8, 4) is 16.9 Å². The molecule has 0 bridgehead atoms. The minimum absolute atomic E-state index is 0.0440. The van der Waals surface area contributed by atoms with Crippen LogP contribution in [0.25, 0.3) is 11.1 Å². The van der Waals surface area contributed by atoms with Gasteiger partial charge in [-0.2, -0.15) is 0 Å². The molecule has 0 atom stereocenters. The molecule has 0 amide bonds. The number of aromatic nitrogens is 2. The van der Waals surface area contributed by atoms with Crippen LogP contribution in [0.2, 0.25) is 10.0 Å². The van der Waals surface area contributed by atoms with E-state index in [0.29, 0.717) is 32.3 Å². The summed E-state index contributed by atoms with van der Waals surface area (Å²) in [7, 11) is -1.72. The number of aliphatic hydroxyl groups is 1. The molecule has 0 saturated carbocycles. The number of allylic oxidation sites excluding steroid dienone is 5. The fourth-order valence-corrected chi connectivity index (χ4v) is 2.96. The predicted molar refractivity (Wildman–Crippen MR) is 136 cm³/mol. The van der Waals surface area contributed by atoms with E-state index in [4.69, 9.17) is 61.4 Å². The topological polar surface area (TPSA) is 159 Å². The molecule has 174 valence electrons. The first kappa shape index (κ1) is 27.0. The highest BCUT2D eigenvalue weighted by atomic mass is 35.5. The molecule has 2 aromatic heterocycles. The fraction of sp³-hybridized carbons (Fsp3) is 0. The van der Waals surface area contributed by atoms with E-state index >= 15 is 0 Å². The highest BCUT2D eigenvalue weighted by Crippen LogP contribution is 2.31. The molecule has 1 aromatic carbocycles. The van der Waals surface area contributed by atoms with Gasteiger partial charge >= 0.3 is 7.12 Å². The van der Waals surface area contributed by atoms with Gasteiger partial charge in [-0.3, -0.25) is 0 Å². The van der Waals surface area contributed by atoms with Crippen molar-refractivity contribution in [3.63, 3.8) is 0 Å². The predicted octanol–water partition coefficient (Wildman–Crippen LogP) is 4.31. The molecule has 12 heteroatoms. The van der Waals surface area contributed by atoms with E-state index in [-0.39, 0.29) is 17.0 Å². The summed E-state index contributed by atoms with van der Waals surface area (Å²) in [6.07, 6.45) is 8.11. The quantitative estimate of drug-likeness (QED) is 0.215. The number of aromatic hydroxyl groups is 1. The first-order valence-corrected chi connectivity index (χ1v) is 10.5. The Balaban J connectivity index is 0.000000190. The Labute approximate surface area is 211 Å². The molecule has 1 aliphatic rings. The van der Waals surface area contributed by atoms with E-state index in [1.54, 1.807) is 54.9 Å². The van der Waals surface area contributed by atoms with Gasteiger partial charge in [0.25, 0.3) is 5.76 Å². The number of hydrogen-bond acceptors (Lipinski definition) is 8. The van der Waals surface area contributed by atoms with Crippen molar-refractivity contribution >= 4 is 53.6 Å². The first-order chi connectivity index (χ1) is 16.1. The molecule has 0 spiro atoms. The molecule has 0 fully saturated rings. The van der Waals surface area contributed by atoms with Gasteiger partial charge in [0.2, 0.25) is 0 Å². The Hall–Kier alpha value is -3.30. The number of hydrogen-bond donors (Lipinski definition) is 6. The molecule has 0 saturated heterocycles. The number of aliphatic hydroxyl groups excluding tert-OH is 1. The van der Waals surface area contributed by atoms with Gasteiger partial charge in [-0.1, -0.05) is 23.2 Å². The number of nitrogens with zero attached hydrogens (tertiary/aromatic N) is 2. The van der Waals surface area contributed by atoms with Crippen LogP contribution in [-0.4, -0.2) is 37.3 Å². The van der Waals surface area contributed by atoms with Crippen molar-refractivity contribution in [2.24, 2.45) is 0 Å². The summed E-state index contributed by atoms with van der Waals surface area (Å²) in [5, 5.41) is 37.4. The molecule has 1 aliphatic carbocycles. The van der Waals surface area contributed by atoms with Gasteiger partial charge in [0, 0.05) is 39.6 Å². The minimum Gasteiger partial charge on any atom is -0.507 e. The van der Waals surface area contributed by atoms with Gasteiger partial charge in [0.15, 0.2) is 5.03 Å². The molecule has 8 N–H and O–H groups in total. The average molecular weight is 521 g/mol. The zero-order chi connectivity index (χ0) is 25.3. The molecule has 0 radical (unpaired) electrons. The smallest absolute Gasteiger partial charge is 0.507 e. The van der Waals surface area contributed by atoms with E-state index in [1.165, 1.54) is 12.2 Å². The molecule has 0 aliphatic heterocycles. The molecule has 2 heterocycles. The summed E-state index contributed by atoms with van der Waals surface area (Å²) in [4.78, 5) is 7.61. The van der Waals surface area contributed by atoms with Gasteiger partial charge in [-0.15, -0.1) is 0 Å². The Morgan fingerprint density at radius 1 is 0.824 bits per heavy atom. The summed E-state index contributed by atoms with van der Waals surface area (Å²) in [6, 6.07) is 11.6. The number of phenols is 1. The van der Waals surface area contributed by atoms with E-state index in [1.807, 2.05) is 0 Å². The minimum atomic E-state index is -1.72. The van der Waals surface area contributed by atoms with E-state index in [0.717, 1.165) is 5.56 Å². The lowest BCUT2D eigenvalue weighted by Gasteiger charge is -2.05. The van der Waals surface area contributed by atoms with Crippen molar-refractivity contribution in [1.29, 1.82) is 0 Å². The average Bonchev–Trinajstić information content (AvgIpc) is 2.78. The standard InChI is InChI=1S/C11H9ClN2O.C6H4BClO3.C5H5ClN2/c12-8-1-2-10(15)9(6-8)7-3-4-14-11(13)5-7;8-4-1-2-6(9)5(3-4)7(10)11;6-4-1-2-8-5(7)3-4/h1-6,15H,(H2,13,14);1,3,10-11H;1-3H,(H2,7,8)/p+1. The molecule has 4 rings (SSSR count). The maximum atomic E-state index is 9.66. The Kier molecular flexibility index (Phi) is 10.2. The largest absolute Gasteiger partial charge is 0.574 e. The van der Waals surface area contributed by atoms with Crippen LogP contribution < -0.4 is 11.5 Å². The molecular weight excluding hydrogens is 501 g/mol. The second-order valence-electron chi connectivity index (χ2n) is 6.53. The van der Waals surface area contributed by atoms with Crippen LogP contribution in [0.5, 0.6) is 5.75 Å². The number of nitrogen functional groups attached to an aromatic ring is 2. The zero-order valence-corrected chi connectivity index (χ0v) is 19.7. The normalized spacial score (nSPS) is 11.9. The van der Waals surface area contributed by atoms with E-state index in [2.05, 4.69) is 16.0 Å². The van der Waals surface area contributed by atoms with Gasteiger partial charge < -0.3 is 31.7 Å². The number of rotatable bonds is 2. The lowest BCUT2D eigenvalue weighted by molar-refractivity contribution is 0.399. The maximum absolute atomic E-state index is 9.66. The highest BCUT2D eigenvalue weighted by Gasteiger charge is 2.28. The lowest BCUT2D eigenvalue weighted by atomic mass is 9.77. The third kappa shape index (κ3) is 8.57. The van der Waals surface area contributed by atoms with Crippen LogP contribution in [0.4, 0.5) is 11.6 Å². The summed E-state index contributed by atoms with van der Waals surface area (Å²) >= 11 is 16.9. The first-order valence-electron chi connectivity index (χ1n) is 9.40. The number of nitrogens with two attached hydrogens (primary N) is 2. The van der Waals surface area contributed by atoms with E-state index in [9.17, 15) is 5.11 Å². The van der Waals surface area contributed by atoms with Gasteiger partial charge in [-0.25, -0.2) is 9.97 Å². The number of halogens is 3. The molecular formula is C22H19BCl3N4O4+. The second-order valence-corrected chi connectivity index (χ2v) is 7.83. The van der Waals surface area contributed by atoms with Crippen LogP contribution in [0.15, 0.2) is 83.3 Å². The molecule has 8 nitrogen and oxygen atoms in total. The monoisotopic (exact) mass is 519 g/mol. The van der Waals surface area contributed by atoms with Crippen LogP contribution in [0.1, 0.15) is 0 Å². The molecule has 0 unspecified atom stereocenters. The van der Waals surface area contributed by atoms with Crippen molar-refractivity contribution in [3.05, 3.63) is 99.4 Å². The SMILES string of the molecule is Nc1cc(-c2cc(Cl)ccc2O)ccn1.Nc1cc(Cl)ccn1.OB(O)C1=C(O)[C+]=CC(Cl)=C1. The van der Waals surface area contributed by atoms with Crippen molar-refractivity contribution < 1.29 is 20.3 Å². The van der Waals surface area contributed by atoms with Gasteiger partial charge in [-0.05, 0) is 48.0 Å². The maximum Gasteiger partial charge on any atom is 0.574 e. The number of benzene rings is 1. The third-order valence-electron chi connectivity index (χ3n) is 3.99. The lowest BCUT2D eigenvalue weighted by Crippen LogP contribution is -2.17. The van der Waals surface area contributed by atoms with Crippen molar-refractivity contribution in [1.82, 2.24) is 9.97 Å². The zero-order valence-electron chi connectivity index (χ0n) is 17.4. The van der Waals surface area contributed by atoms with Gasteiger partial charge in [0.1, 0.15) is 28.9 Å². The molecule has 3 aromatic rings. The van der Waals surface area contributed by atoms with Crippen molar-refractivity contribution in [2.45, 2.75) is 0 Å².